The molecule has 0 unspecified atom stereocenters. The van der Waals surface area contributed by atoms with Crippen molar-refractivity contribution in [1.82, 2.24) is 5.32 Å². The lowest BCUT2D eigenvalue weighted by Gasteiger charge is -2.16. The Morgan fingerprint density at radius 2 is 1.48 bits per heavy atom. The Balaban J connectivity index is 1.62. The monoisotopic (exact) mass is 465 g/mol. The molecule has 0 aliphatic rings. The van der Waals surface area contributed by atoms with Gasteiger partial charge in [0, 0.05) is 23.2 Å². The maximum Gasteiger partial charge on any atom is 0.163 e. The predicted octanol–water partition coefficient (Wildman–Crippen LogP) is 6.58. The zero-order chi connectivity index (χ0) is 22.2. The van der Waals surface area contributed by atoms with Crippen LogP contribution in [0.15, 0.2) is 54.6 Å². The largest absolute Gasteiger partial charge is 0.490 e. The van der Waals surface area contributed by atoms with Crippen molar-refractivity contribution < 1.29 is 18.3 Å². The molecular formula is C24H23Cl2F2NO2. The molecular weight excluding hydrogens is 443 g/mol. The van der Waals surface area contributed by atoms with E-state index in [4.69, 9.17) is 32.7 Å². The average molecular weight is 466 g/mol. The Kier molecular flexibility index (Phi) is 8.52. The smallest absolute Gasteiger partial charge is 0.163 e. The second-order valence-corrected chi connectivity index (χ2v) is 7.72. The minimum atomic E-state index is -0.400. The van der Waals surface area contributed by atoms with Crippen molar-refractivity contribution in [2.75, 3.05) is 13.2 Å². The van der Waals surface area contributed by atoms with Gasteiger partial charge in [0.05, 0.1) is 11.6 Å². The van der Waals surface area contributed by atoms with Gasteiger partial charge in [-0.25, -0.2) is 8.78 Å². The van der Waals surface area contributed by atoms with Gasteiger partial charge in [-0.05, 0) is 61.3 Å². The fourth-order valence-corrected chi connectivity index (χ4v) is 3.44. The van der Waals surface area contributed by atoms with E-state index < -0.39 is 5.82 Å². The van der Waals surface area contributed by atoms with E-state index in [2.05, 4.69) is 5.32 Å². The third-order valence-corrected chi connectivity index (χ3v) is 5.33. The van der Waals surface area contributed by atoms with Crippen LogP contribution < -0.4 is 14.8 Å². The van der Waals surface area contributed by atoms with Crippen molar-refractivity contribution in [3.05, 3.63) is 93.0 Å². The van der Waals surface area contributed by atoms with Crippen LogP contribution in [0, 0.1) is 11.6 Å². The van der Waals surface area contributed by atoms with E-state index in [1.54, 1.807) is 24.3 Å². The van der Waals surface area contributed by atoms with E-state index in [9.17, 15) is 8.78 Å². The average Bonchev–Trinajstić information content (AvgIpc) is 2.74. The number of nitrogens with one attached hydrogen (secondary N) is 1. The molecule has 0 bridgehead atoms. The molecule has 0 aliphatic heterocycles. The summed E-state index contributed by atoms with van der Waals surface area (Å²) in [6.07, 6.45) is 0.774. The van der Waals surface area contributed by atoms with Gasteiger partial charge < -0.3 is 14.8 Å². The number of halogens is 4. The molecule has 1 N–H and O–H groups in total. The highest BCUT2D eigenvalue weighted by Crippen LogP contribution is 2.34. The first-order chi connectivity index (χ1) is 15.0. The molecule has 3 aromatic rings. The lowest BCUT2D eigenvalue weighted by Crippen LogP contribution is -2.17. The molecule has 0 fully saturated rings. The molecule has 3 aromatic carbocycles. The first-order valence-electron chi connectivity index (χ1n) is 9.93. The summed E-state index contributed by atoms with van der Waals surface area (Å²) in [7, 11) is 0. The maximum atomic E-state index is 13.2. The maximum absolute atomic E-state index is 13.2. The first-order valence-corrected chi connectivity index (χ1v) is 10.7. The first kappa shape index (κ1) is 23.3. The van der Waals surface area contributed by atoms with E-state index in [1.165, 1.54) is 24.3 Å². The summed E-state index contributed by atoms with van der Waals surface area (Å²) in [4.78, 5) is 0. The Hall–Kier alpha value is -2.34. The Morgan fingerprint density at radius 1 is 0.806 bits per heavy atom. The van der Waals surface area contributed by atoms with E-state index in [1.807, 2.05) is 13.0 Å². The number of hydrogen-bond acceptors (Lipinski definition) is 3. The minimum Gasteiger partial charge on any atom is -0.490 e. The van der Waals surface area contributed by atoms with Crippen LogP contribution in [0.2, 0.25) is 10.0 Å². The molecule has 0 heterocycles. The normalized spacial score (nSPS) is 10.9. The van der Waals surface area contributed by atoms with Gasteiger partial charge in [-0.2, -0.15) is 0 Å². The summed E-state index contributed by atoms with van der Waals surface area (Å²) in [6.45, 7) is 3.77. The van der Waals surface area contributed by atoms with E-state index in [-0.39, 0.29) is 12.4 Å². The van der Waals surface area contributed by atoms with Gasteiger partial charge in [0.25, 0.3) is 0 Å². The van der Waals surface area contributed by atoms with Crippen molar-refractivity contribution in [2.45, 2.75) is 26.5 Å². The molecule has 31 heavy (non-hydrogen) atoms. The SMILES string of the molecule is CCOc1cc(CNCCc2ccc(F)cc2)c(Cl)cc1OCc1ccc(F)cc1Cl. The quantitative estimate of drug-likeness (QED) is 0.343. The van der Waals surface area contributed by atoms with Crippen LogP contribution in [0.3, 0.4) is 0 Å². The Bertz CT molecular complexity index is 1010. The minimum absolute atomic E-state index is 0.158. The second-order valence-electron chi connectivity index (χ2n) is 6.90. The number of rotatable bonds is 10. The molecule has 0 atom stereocenters. The topological polar surface area (TPSA) is 30.5 Å². The van der Waals surface area contributed by atoms with Crippen molar-refractivity contribution in [2.24, 2.45) is 0 Å². The van der Waals surface area contributed by atoms with Crippen LogP contribution >= 0.6 is 23.2 Å². The van der Waals surface area contributed by atoms with Gasteiger partial charge in [-0.1, -0.05) is 41.4 Å². The highest BCUT2D eigenvalue weighted by molar-refractivity contribution is 6.31. The predicted molar refractivity (Wildman–Crippen MR) is 120 cm³/mol. The molecule has 0 aromatic heterocycles. The molecule has 3 rings (SSSR count). The summed E-state index contributed by atoms with van der Waals surface area (Å²) < 4.78 is 37.8. The fourth-order valence-electron chi connectivity index (χ4n) is 2.99. The van der Waals surface area contributed by atoms with Crippen LogP contribution in [0.1, 0.15) is 23.6 Å². The van der Waals surface area contributed by atoms with Crippen LogP contribution in [0.25, 0.3) is 0 Å². The molecule has 0 spiro atoms. The van der Waals surface area contributed by atoms with Crippen molar-refractivity contribution >= 4 is 23.2 Å². The van der Waals surface area contributed by atoms with E-state index in [0.717, 1.165) is 17.5 Å². The molecule has 164 valence electrons. The number of hydrogen-bond donors (Lipinski definition) is 1. The highest BCUT2D eigenvalue weighted by Gasteiger charge is 2.12. The molecule has 0 saturated heterocycles. The molecule has 0 radical (unpaired) electrons. The van der Waals surface area contributed by atoms with Gasteiger partial charge in [0.2, 0.25) is 0 Å². The Morgan fingerprint density at radius 3 is 2.19 bits per heavy atom. The lowest BCUT2D eigenvalue weighted by molar-refractivity contribution is 0.269. The second kappa shape index (κ2) is 11.3. The van der Waals surface area contributed by atoms with Crippen molar-refractivity contribution in [3.63, 3.8) is 0 Å². The summed E-state index contributed by atoms with van der Waals surface area (Å²) in [6, 6.07) is 14.2. The van der Waals surface area contributed by atoms with Gasteiger partial charge in [0.15, 0.2) is 11.5 Å². The lowest BCUT2D eigenvalue weighted by atomic mass is 10.1. The standard InChI is InChI=1S/C24H23Cl2F2NO2/c1-2-30-23-11-18(14-29-10-9-16-3-6-19(27)7-4-16)22(26)13-24(23)31-15-17-5-8-20(28)12-21(17)25/h3-8,11-13,29H,2,9-10,14-15H2,1H3. The molecule has 0 amide bonds. The zero-order valence-corrected chi connectivity index (χ0v) is 18.6. The number of ether oxygens (including phenoxy) is 2. The van der Waals surface area contributed by atoms with Crippen molar-refractivity contribution in [1.29, 1.82) is 0 Å². The fraction of sp³-hybridized carbons (Fsp3) is 0.250. The Labute approximate surface area is 190 Å². The van der Waals surface area contributed by atoms with Gasteiger partial charge in [-0.15, -0.1) is 0 Å². The summed E-state index contributed by atoms with van der Waals surface area (Å²) >= 11 is 12.5. The van der Waals surface area contributed by atoms with Crippen LogP contribution in [0.5, 0.6) is 11.5 Å². The third kappa shape index (κ3) is 6.82. The van der Waals surface area contributed by atoms with Crippen LogP contribution in [0.4, 0.5) is 8.78 Å². The highest BCUT2D eigenvalue weighted by atomic mass is 35.5. The van der Waals surface area contributed by atoms with Gasteiger partial charge in [-0.3, -0.25) is 0 Å². The van der Waals surface area contributed by atoms with E-state index in [0.29, 0.717) is 46.8 Å². The zero-order valence-electron chi connectivity index (χ0n) is 17.1. The van der Waals surface area contributed by atoms with Crippen LogP contribution in [-0.2, 0) is 19.6 Å². The molecule has 3 nitrogen and oxygen atoms in total. The summed E-state index contributed by atoms with van der Waals surface area (Å²) in [5.74, 6) is 0.418. The molecule has 0 aliphatic carbocycles. The summed E-state index contributed by atoms with van der Waals surface area (Å²) in [5, 5.41) is 4.17. The molecule has 0 saturated carbocycles. The van der Waals surface area contributed by atoms with Gasteiger partial charge in [0.1, 0.15) is 18.2 Å². The van der Waals surface area contributed by atoms with Gasteiger partial charge >= 0.3 is 0 Å². The molecule has 7 heteroatoms. The number of benzene rings is 3. The van der Waals surface area contributed by atoms with E-state index >= 15 is 0 Å². The van der Waals surface area contributed by atoms with Crippen LogP contribution in [-0.4, -0.2) is 13.2 Å². The summed E-state index contributed by atoms with van der Waals surface area (Å²) in [5.41, 5.74) is 2.59. The van der Waals surface area contributed by atoms with Crippen molar-refractivity contribution in [3.8, 4) is 11.5 Å². The third-order valence-electron chi connectivity index (χ3n) is 4.63.